The second-order valence-corrected chi connectivity index (χ2v) is 5.05. The number of benzene rings is 1. The molecule has 0 fully saturated rings. The van der Waals surface area contributed by atoms with Crippen molar-refractivity contribution in [2.75, 3.05) is 18.9 Å². The minimum absolute atomic E-state index is 0.0206. The third-order valence-corrected chi connectivity index (χ3v) is 3.49. The molecule has 1 amide bonds. The van der Waals surface area contributed by atoms with Crippen LogP contribution in [0.15, 0.2) is 24.3 Å². The van der Waals surface area contributed by atoms with Gasteiger partial charge >= 0.3 is 0 Å². The van der Waals surface area contributed by atoms with Crippen LogP contribution in [0.1, 0.15) is 16.9 Å². The van der Waals surface area contributed by atoms with Crippen LogP contribution in [0.5, 0.6) is 0 Å². The minimum atomic E-state index is -0.0206. The Labute approximate surface area is 115 Å². The lowest BCUT2D eigenvalue weighted by molar-refractivity contribution is 0.0791. The van der Waals surface area contributed by atoms with Gasteiger partial charge in [0.1, 0.15) is 0 Å². The predicted molar refractivity (Wildman–Crippen MR) is 76.1 cm³/mol. The molecule has 0 radical (unpaired) electrons. The number of carbonyl (C=O) groups excluding carboxylic acids is 1. The number of hydrogen-bond donors (Lipinski definition) is 0. The van der Waals surface area contributed by atoms with Gasteiger partial charge in [0.25, 0.3) is 5.91 Å². The lowest BCUT2D eigenvalue weighted by Gasteiger charge is -2.14. The first-order chi connectivity index (χ1) is 8.65. The maximum absolute atomic E-state index is 12.3. The first kappa shape index (κ1) is 13.1. The molecule has 0 saturated heterocycles. The van der Waals surface area contributed by atoms with Crippen molar-refractivity contribution >= 4 is 32.7 Å². The summed E-state index contributed by atoms with van der Waals surface area (Å²) in [7, 11) is 3.67. The second kappa shape index (κ2) is 5.52. The van der Waals surface area contributed by atoms with E-state index in [2.05, 4.69) is 21.0 Å². The lowest BCUT2D eigenvalue weighted by atomic mass is 10.2. The average molecular weight is 310 g/mol. The van der Waals surface area contributed by atoms with Gasteiger partial charge in [-0.15, -0.1) is 0 Å². The summed E-state index contributed by atoms with van der Waals surface area (Å²) in [6, 6.07) is 7.79. The van der Waals surface area contributed by atoms with Crippen LogP contribution >= 0.6 is 15.9 Å². The van der Waals surface area contributed by atoms with Crippen LogP contribution in [0, 0.1) is 0 Å². The Morgan fingerprint density at radius 3 is 2.89 bits per heavy atom. The van der Waals surface area contributed by atoms with Crippen LogP contribution in [-0.4, -0.2) is 39.5 Å². The van der Waals surface area contributed by atoms with Gasteiger partial charge in [0.2, 0.25) is 0 Å². The smallest absolute Gasteiger partial charge is 0.274 e. The van der Waals surface area contributed by atoms with E-state index in [1.54, 1.807) is 9.58 Å². The van der Waals surface area contributed by atoms with E-state index in [0.29, 0.717) is 5.69 Å². The Bertz CT molecular complexity index is 564. The van der Waals surface area contributed by atoms with Gasteiger partial charge in [-0.1, -0.05) is 34.1 Å². The van der Waals surface area contributed by atoms with Crippen molar-refractivity contribution in [1.29, 1.82) is 0 Å². The summed E-state index contributed by atoms with van der Waals surface area (Å²) in [6.45, 7) is 0.731. The maximum Gasteiger partial charge on any atom is 0.274 e. The fourth-order valence-corrected chi connectivity index (χ4v) is 2.20. The third-order valence-electron chi connectivity index (χ3n) is 2.93. The summed E-state index contributed by atoms with van der Waals surface area (Å²) >= 11 is 3.37. The van der Waals surface area contributed by atoms with Crippen LogP contribution in [0.2, 0.25) is 0 Å². The van der Waals surface area contributed by atoms with E-state index < -0.39 is 0 Å². The molecule has 5 heteroatoms. The molecule has 0 aliphatic carbocycles. The number of nitrogens with zero attached hydrogens (tertiary/aromatic N) is 3. The van der Waals surface area contributed by atoms with Crippen molar-refractivity contribution in [3.05, 3.63) is 30.0 Å². The first-order valence-electron chi connectivity index (χ1n) is 5.88. The molecular weight excluding hydrogens is 294 g/mol. The predicted octanol–water partition coefficient (Wildman–Crippen LogP) is 2.43. The van der Waals surface area contributed by atoms with Crippen molar-refractivity contribution in [3.63, 3.8) is 0 Å². The molecule has 0 aliphatic heterocycles. The monoisotopic (exact) mass is 309 g/mol. The SMILES string of the molecule is CN(CCCBr)C(=O)c1nn(C)c2ccccc12. The van der Waals surface area contributed by atoms with Gasteiger partial charge in [-0.3, -0.25) is 9.48 Å². The molecular formula is C13H16BrN3O. The summed E-state index contributed by atoms with van der Waals surface area (Å²) < 4.78 is 1.75. The number of aryl methyl sites for hydroxylation is 1. The van der Waals surface area contributed by atoms with Crippen LogP contribution in [0.4, 0.5) is 0 Å². The highest BCUT2D eigenvalue weighted by Crippen LogP contribution is 2.18. The molecule has 0 atom stereocenters. The molecule has 4 nitrogen and oxygen atoms in total. The van der Waals surface area contributed by atoms with E-state index >= 15 is 0 Å². The van der Waals surface area contributed by atoms with Crippen molar-refractivity contribution < 1.29 is 4.79 Å². The minimum Gasteiger partial charge on any atom is -0.340 e. The molecule has 2 rings (SSSR count). The van der Waals surface area contributed by atoms with E-state index in [1.165, 1.54) is 0 Å². The highest BCUT2D eigenvalue weighted by atomic mass is 79.9. The largest absolute Gasteiger partial charge is 0.340 e. The van der Waals surface area contributed by atoms with Crippen LogP contribution in [-0.2, 0) is 7.05 Å². The fraction of sp³-hybridized carbons (Fsp3) is 0.385. The van der Waals surface area contributed by atoms with Crippen LogP contribution in [0.25, 0.3) is 10.9 Å². The summed E-state index contributed by atoms with van der Waals surface area (Å²) in [4.78, 5) is 14.0. The van der Waals surface area contributed by atoms with Gasteiger partial charge in [-0.2, -0.15) is 5.10 Å². The molecule has 0 unspecified atom stereocenters. The van der Waals surface area contributed by atoms with Gasteiger partial charge in [-0.05, 0) is 12.5 Å². The zero-order valence-corrected chi connectivity index (χ0v) is 12.1. The summed E-state index contributed by atoms with van der Waals surface area (Å²) in [5, 5.41) is 6.14. The molecule has 2 aromatic rings. The molecule has 18 heavy (non-hydrogen) atoms. The number of fused-ring (bicyclic) bond motifs is 1. The summed E-state index contributed by atoms with van der Waals surface area (Å²) in [5.41, 5.74) is 1.51. The number of alkyl halides is 1. The number of para-hydroxylation sites is 1. The van der Waals surface area contributed by atoms with Gasteiger partial charge in [-0.25, -0.2) is 0 Å². The van der Waals surface area contributed by atoms with E-state index in [1.807, 2.05) is 38.4 Å². The van der Waals surface area contributed by atoms with E-state index in [4.69, 9.17) is 0 Å². The van der Waals surface area contributed by atoms with E-state index in [-0.39, 0.29) is 5.91 Å². The molecule has 1 aromatic heterocycles. The number of hydrogen-bond acceptors (Lipinski definition) is 2. The molecule has 0 aliphatic rings. The Kier molecular flexibility index (Phi) is 4.01. The topological polar surface area (TPSA) is 38.1 Å². The maximum atomic E-state index is 12.3. The molecule has 96 valence electrons. The Morgan fingerprint density at radius 1 is 1.44 bits per heavy atom. The molecule has 1 aromatic carbocycles. The van der Waals surface area contributed by atoms with Gasteiger partial charge < -0.3 is 4.90 Å². The lowest BCUT2D eigenvalue weighted by Crippen LogP contribution is -2.28. The van der Waals surface area contributed by atoms with E-state index in [0.717, 1.165) is 29.2 Å². The molecule has 1 heterocycles. The molecule has 0 saturated carbocycles. The fourth-order valence-electron chi connectivity index (χ4n) is 1.95. The number of amides is 1. The number of halogens is 1. The van der Waals surface area contributed by atoms with Crippen molar-refractivity contribution in [1.82, 2.24) is 14.7 Å². The normalized spacial score (nSPS) is 10.8. The average Bonchev–Trinajstić information content (AvgIpc) is 2.73. The van der Waals surface area contributed by atoms with Crippen LogP contribution < -0.4 is 0 Å². The van der Waals surface area contributed by atoms with Crippen molar-refractivity contribution in [2.24, 2.45) is 7.05 Å². The number of rotatable bonds is 4. The second-order valence-electron chi connectivity index (χ2n) is 4.26. The van der Waals surface area contributed by atoms with Crippen LogP contribution in [0.3, 0.4) is 0 Å². The molecule has 0 N–H and O–H groups in total. The molecule has 0 bridgehead atoms. The molecule has 0 spiro atoms. The number of aromatic nitrogens is 2. The van der Waals surface area contributed by atoms with Gasteiger partial charge in [0.05, 0.1) is 5.52 Å². The van der Waals surface area contributed by atoms with Crippen molar-refractivity contribution in [2.45, 2.75) is 6.42 Å². The Morgan fingerprint density at radius 2 is 2.17 bits per heavy atom. The zero-order chi connectivity index (χ0) is 13.1. The van der Waals surface area contributed by atoms with Gasteiger partial charge in [0, 0.05) is 31.4 Å². The Hall–Kier alpha value is -1.36. The summed E-state index contributed by atoms with van der Waals surface area (Å²) in [5.74, 6) is -0.0206. The first-order valence-corrected chi connectivity index (χ1v) is 7.00. The number of carbonyl (C=O) groups is 1. The van der Waals surface area contributed by atoms with Gasteiger partial charge in [0.15, 0.2) is 5.69 Å². The third kappa shape index (κ3) is 2.41. The summed E-state index contributed by atoms with van der Waals surface area (Å²) in [6.07, 6.45) is 0.938. The van der Waals surface area contributed by atoms with E-state index in [9.17, 15) is 4.79 Å². The highest BCUT2D eigenvalue weighted by molar-refractivity contribution is 9.09. The van der Waals surface area contributed by atoms with Crippen molar-refractivity contribution in [3.8, 4) is 0 Å². The standard InChI is InChI=1S/C13H16BrN3O/c1-16(9-5-8-14)13(18)12-10-6-3-4-7-11(10)17(2)15-12/h3-4,6-7H,5,8-9H2,1-2H3. The Balaban J connectivity index is 2.33. The highest BCUT2D eigenvalue weighted by Gasteiger charge is 2.18. The zero-order valence-electron chi connectivity index (χ0n) is 10.6. The quantitative estimate of drug-likeness (QED) is 0.814.